The Morgan fingerprint density at radius 2 is 1.77 bits per heavy atom. The van der Waals surface area contributed by atoms with Gasteiger partial charge in [0.2, 0.25) is 5.95 Å². The predicted octanol–water partition coefficient (Wildman–Crippen LogP) is 1.84. The molecule has 0 bridgehead atoms. The molecule has 3 aromatic rings. The van der Waals surface area contributed by atoms with Crippen molar-refractivity contribution in [3.63, 3.8) is 0 Å². The smallest absolute Gasteiger partial charge is 0.255 e. The summed E-state index contributed by atoms with van der Waals surface area (Å²) in [5, 5.41) is 0. The second-order valence-corrected chi connectivity index (χ2v) is 7.81. The topological polar surface area (TPSA) is 66.2 Å². The molecular formula is C22H26N6O2. The Morgan fingerprint density at radius 3 is 2.53 bits per heavy atom. The van der Waals surface area contributed by atoms with Crippen LogP contribution in [0.3, 0.4) is 0 Å². The van der Waals surface area contributed by atoms with Gasteiger partial charge >= 0.3 is 0 Å². The highest BCUT2D eigenvalue weighted by Gasteiger charge is 2.25. The number of morpholine rings is 1. The summed E-state index contributed by atoms with van der Waals surface area (Å²) < 4.78 is 7.44. The number of fused-ring (bicyclic) bond motifs is 1. The van der Waals surface area contributed by atoms with Crippen molar-refractivity contribution in [2.24, 2.45) is 0 Å². The van der Waals surface area contributed by atoms with Gasteiger partial charge in [0.1, 0.15) is 5.82 Å². The normalized spacial score (nSPS) is 17.6. The number of hydrogen-bond acceptors (Lipinski definition) is 6. The Balaban J connectivity index is 1.27. The SMILES string of the molecule is Cc1cc(N2CCOCC2)nc(N2CCN(C(=O)c3cc4ccccn4c3)CC2)n1. The van der Waals surface area contributed by atoms with E-state index in [2.05, 4.69) is 14.8 Å². The van der Waals surface area contributed by atoms with Crippen molar-refractivity contribution in [2.45, 2.75) is 6.92 Å². The molecule has 2 aliphatic rings. The Kier molecular flexibility index (Phi) is 5.00. The molecule has 8 heteroatoms. The number of aromatic nitrogens is 3. The molecule has 2 aliphatic heterocycles. The quantitative estimate of drug-likeness (QED) is 0.661. The number of pyridine rings is 1. The molecule has 0 N–H and O–H groups in total. The highest BCUT2D eigenvalue weighted by molar-refractivity contribution is 5.95. The van der Waals surface area contributed by atoms with Gasteiger partial charge in [-0.3, -0.25) is 4.79 Å². The van der Waals surface area contributed by atoms with E-state index in [1.165, 1.54) is 0 Å². The third kappa shape index (κ3) is 3.70. The lowest BCUT2D eigenvalue weighted by atomic mass is 10.2. The zero-order valence-electron chi connectivity index (χ0n) is 17.2. The number of hydrogen-bond donors (Lipinski definition) is 0. The molecular weight excluding hydrogens is 380 g/mol. The van der Waals surface area contributed by atoms with Crippen LogP contribution in [0, 0.1) is 6.92 Å². The molecule has 8 nitrogen and oxygen atoms in total. The minimum Gasteiger partial charge on any atom is -0.378 e. The first-order valence-electron chi connectivity index (χ1n) is 10.5. The van der Waals surface area contributed by atoms with Crippen LogP contribution in [0.4, 0.5) is 11.8 Å². The van der Waals surface area contributed by atoms with Gasteiger partial charge in [0, 0.05) is 68.9 Å². The predicted molar refractivity (Wildman–Crippen MR) is 115 cm³/mol. The van der Waals surface area contributed by atoms with Crippen LogP contribution in [0.2, 0.25) is 0 Å². The summed E-state index contributed by atoms with van der Waals surface area (Å²) in [5.41, 5.74) is 2.72. The van der Waals surface area contributed by atoms with Crippen LogP contribution in [0.5, 0.6) is 0 Å². The summed E-state index contributed by atoms with van der Waals surface area (Å²) in [6.07, 6.45) is 3.87. The maximum absolute atomic E-state index is 13.0. The standard InChI is InChI=1S/C22H26N6O2/c1-17-14-20(25-10-12-30-13-11-25)24-22(23-17)27-8-6-26(7-9-27)21(29)18-15-19-4-2-3-5-28(19)16-18/h2-5,14-16H,6-13H2,1H3. The molecule has 0 aliphatic carbocycles. The van der Waals surface area contributed by atoms with Crippen molar-refractivity contribution in [3.05, 3.63) is 54.0 Å². The number of carbonyl (C=O) groups excluding carboxylic acids is 1. The summed E-state index contributed by atoms with van der Waals surface area (Å²) in [5.74, 6) is 1.79. The van der Waals surface area contributed by atoms with Gasteiger partial charge in [-0.25, -0.2) is 4.98 Å². The van der Waals surface area contributed by atoms with E-state index < -0.39 is 0 Å². The molecule has 0 aromatic carbocycles. The summed E-state index contributed by atoms with van der Waals surface area (Å²) in [6.45, 7) is 7.95. The van der Waals surface area contributed by atoms with Crippen molar-refractivity contribution in [2.75, 3.05) is 62.3 Å². The molecule has 0 saturated carbocycles. The molecule has 0 radical (unpaired) electrons. The van der Waals surface area contributed by atoms with Crippen LogP contribution < -0.4 is 9.80 Å². The lowest BCUT2D eigenvalue weighted by molar-refractivity contribution is 0.0746. The number of carbonyl (C=O) groups is 1. The molecule has 5 heterocycles. The molecule has 1 amide bonds. The van der Waals surface area contributed by atoms with Gasteiger partial charge in [0.25, 0.3) is 5.91 Å². The molecule has 2 fully saturated rings. The van der Waals surface area contributed by atoms with E-state index in [1.807, 2.05) is 58.9 Å². The van der Waals surface area contributed by atoms with Crippen molar-refractivity contribution in [1.82, 2.24) is 19.3 Å². The van der Waals surface area contributed by atoms with Gasteiger partial charge in [-0.2, -0.15) is 4.98 Å². The lowest BCUT2D eigenvalue weighted by Gasteiger charge is -2.35. The minimum atomic E-state index is 0.0810. The first-order chi connectivity index (χ1) is 14.7. The van der Waals surface area contributed by atoms with Gasteiger partial charge in [-0.1, -0.05) is 6.07 Å². The van der Waals surface area contributed by atoms with Crippen molar-refractivity contribution >= 4 is 23.2 Å². The third-order valence-electron chi connectivity index (χ3n) is 5.77. The summed E-state index contributed by atoms with van der Waals surface area (Å²) in [4.78, 5) is 28.8. The van der Waals surface area contributed by atoms with Gasteiger partial charge in [-0.15, -0.1) is 0 Å². The first-order valence-corrected chi connectivity index (χ1v) is 10.5. The summed E-state index contributed by atoms with van der Waals surface area (Å²) >= 11 is 0. The van der Waals surface area contributed by atoms with E-state index in [9.17, 15) is 4.79 Å². The second-order valence-electron chi connectivity index (χ2n) is 7.81. The fraction of sp³-hybridized carbons (Fsp3) is 0.409. The van der Waals surface area contributed by atoms with E-state index in [0.717, 1.165) is 67.9 Å². The van der Waals surface area contributed by atoms with Gasteiger partial charge in [0.15, 0.2) is 0 Å². The lowest BCUT2D eigenvalue weighted by Crippen LogP contribution is -2.49. The maximum Gasteiger partial charge on any atom is 0.255 e. The Hall–Kier alpha value is -3.13. The summed E-state index contributed by atoms with van der Waals surface area (Å²) in [6, 6.07) is 9.94. The molecule has 2 saturated heterocycles. The number of rotatable bonds is 3. The average Bonchev–Trinajstić information content (AvgIpc) is 3.23. The van der Waals surface area contributed by atoms with E-state index in [4.69, 9.17) is 9.72 Å². The van der Waals surface area contributed by atoms with Crippen molar-refractivity contribution < 1.29 is 9.53 Å². The number of nitrogens with zero attached hydrogens (tertiary/aromatic N) is 6. The van der Waals surface area contributed by atoms with Gasteiger partial charge < -0.3 is 23.8 Å². The number of anilines is 2. The molecule has 0 atom stereocenters. The monoisotopic (exact) mass is 406 g/mol. The first kappa shape index (κ1) is 18.9. The number of piperazine rings is 1. The van der Waals surface area contributed by atoms with E-state index in [0.29, 0.717) is 13.1 Å². The van der Waals surface area contributed by atoms with Crippen molar-refractivity contribution in [1.29, 1.82) is 0 Å². The van der Waals surface area contributed by atoms with Crippen LogP contribution in [0.15, 0.2) is 42.7 Å². The molecule has 0 spiro atoms. The summed E-state index contributed by atoms with van der Waals surface area (Å²) in [7, 11) is 0. The fourth-order valence-electron chi connectivity index (χ4n) is 4.10. The van der Waals surface area contributed by atoms with Crippen LogP contribution in [-0.4, -0.2) is 77.7 Å². The van der Waals surface area contributed by atoms with E-state index >= 15 is 0 Å². The zero-order chi connectivity index (χ0) is 20.5. The number of amides is 1. The molecule has 0 unspecified atom stereocenters. The van der Waals surface area contributed by atoms with E-state index in [-0.39, 0.29) is 5.91 Å². The third-order valence-corrected chi connectivity index (χ3v) is 5.77. The molecule has 30 heavy (non-hydrogen) atoms. The Morgan fingerprint density at radius 1 is 0.967 bits per heavy atom. The zero-order valence-corrected chi connectivity index (χ0v) is 17.2. The fourth-order valence-corrected chi connectivity index (χ4v) is 4.10. The largest absolute Gasteiger partial charge is 0.378 e. The Labute approximate surface area is 175 Å². The van der Waals surface area contributed by atoms with Crippen LogP contribution in [-0.2, 0) is 4.74 Å². The van der Waals surface area contributed by atoms with Gasteiger partial charge in [0.05, 0.1) is 18.8 Å². The van der Waals surface area contributed by atoms with Crippen molar-refractivity contribution in [3.8, 4) is 0 Å². The highest BCUT2D eigenvalue weighted by atomic mass is 16.5. The number of ether oxygens (including phenoxy) is 1. The molecule has 3 aromatic heterocycles. The average molecular weight is 406 g/mol. The maximum atomic E-state index is 13.0. The molecule has 5 rings (SSSR count). The van der Waals surface area contributed by atoms with Crippen LogP contribution in [0.25, 0.3) is 5.52 Å². The van der Waals surface area contributed by atoms with E-state index in [1.54, 1.807) is 0 Å². The number of aryl methyl sites for hydroxylation is 1. The van der Waals surface area contributed by atoms with Crippen LogP contribution >= 0.6 is 0 Å². The van der Waals surface area contributed by atoms with Crippen LogP contribution in [0.1, 0.15) is 16.1 Å². The Bertz CT molecular complexity index is 1020. The van der Waals surface area contributed by atoms with Gasteiger partial charge in [-0.05, 0) is 25.1 Å². The minimum absolute atomic E-state index is 0.0810. The molecule has 156 valence electrons. The highest BCUT2D eigenvalue weighted by Crippen LogP contribution is 2.20. The second kappa shape index (κ2) is 7.95.